The molecule has 0 radical (unpaired) electrons. The van der Waals surface area contributed by atoms with Crippen LogP contribution in [0.25, 0.3) is 0 Å². The van der Waals surface area contributed by atoms with Gasteiger partial charge in [-0.15, -0.1) is 16.6 Å². The number of nitrogens with one attached hydrogen (secondary N) is 1. The topological polar surface area (TPSA) is 235 Å². The number of terminal acetylenes is 1. The number of aromatic nitrogens is 9. The van der Waals surface area contributed by atoms with Gasteiger partial charge in [0.15, 0.2) is 0 Å². The number of aryl methyl sites for hydroxylation is 1. The normalized spacial score (nSPS) is 15.8. The first-order valence-electron chi connectivity index (χ1n) is 22.1. The lowest BCUT2D eigenvalue weighted by Crippen LogP contribution is -3.00. The molecule has 3 aromatic heterocycles. The summed E-state index contributed by atoms with van der Waals surface area (Å²) in [5, 5.41) is 29.8. The number of hydrogen-bond acceptors (Lipinski definition) is 16. The van der Waals surface area contributed by atoms with Gasteiger partial charge in [0.1, 0.15) is 18.7 Å². The lowest BCUT2D eigenvalue weighted by Gasteiger charge is -2.38. The van der Waals surface area contributed by atoms with Gasteiger partial charge in [-0.2, -0.15) is 15.0 Å². The largest absolute Gasteiger partial charge is 1.00 e. The number of carbonyl (C=O) groups is 2. The Labute approximate surface area is 377 Å². The Hall–Kier alpha value is -4.72. The number of amides is 2. The Morgan fingerprint density at radius 3 is 1.83 bits per heavy atom. The van der Waals surface area contributed by atoms with Gasteiger partial charge < -0.3 is 62.4 Å². The molecule has 2 aliphatic heterocycles. The minimum Gasteiger partial charge on any atom is -1.00 e. The van der Waals surface area contributed by atoms with E-state index in [-0.39, 0.29) is 49.3 Å². The first-order chi connectivity index (χ1) is 30.2. The summed E-state index contributed by atoms with van der Waals surface area (Å²) in [6, 6.07) is -0.959. The fraction of sp³-hybridized carbons (Fsp3) is 0.732. The van der Waals surface area contributed by atoms with Crippen molar-refractivity contribution in [3.63, 3.8) is 0 Å². The maximum atomic E-state index is 14.1. The van der Waals surface area contributed by atoms with Crippen LogP contribution in [0.15, 0.2) is 12.4 Å². The first-order valence-corrected chi connectivity index (χ1v) is 22.1. The Morgan fingerprint density at radius 2 is 1.30 bits per heavy atom. The van der Waals surface area contributed by atoms with Crippen LogP contribution in [0.5, 0.6) is 0 Å². The third-order valence-corrected chi connectivity index (χ3v) is 11.1. The number of ether oxygens (including phenoxy) is 3. The van der Waals surface area contributed by atoms with Gasteiger partial charge in [0.2, 0.25) is 29.7 Å². The molecule has 5 N–H and O–H groups in total. The minimum absolute atomic E-state index is 0. The van der Waals surface area contributed by atoms with Crippen molar-refractivity contribution >= 4 is 29.7 Å². The van der Waals surface area contributed by atoms with E-state index in [0.29, 0.717) is 122 Å². The van der Waals surface area contributed by atoms with Crippen LogP contribution in [0.1, 0.15) is 70.4 Å². The molecule has 21 nitrogen and oxygen atoms in total. The van der Waals surface area contributed by atoms with E-state index in [2.05, 4.69) is 61.2 Å². The second kappa shape index (κ2) is 26.8. The molecule has 0 aromatic carbocycles. The Kier molecular flexibility index (Phi) is 21.7. The maximum Gasteiger partial charge on any atom is 0.247 e. The summed E-state index contributed by atoms with van der Waals surface area (Å²) in [4.78, 5) is 50.6. The van der Waals surface area contributed by atoms with E-state index in [4.69, 9.17) is 35.6 Å². The molecule has 350 valence electrons. The van der Waals surface area contributed by atoms with Gasteiger partial charge in [0, 0.05) is 84.3 Å². The molecule has 22 heteroatoms. The molecule has 2 saturated heterocycles. The van der Waals surface area contributed by atoms with Crippen LogP contribution in [0.4, 0.5) is 17.8 Å². The van der Waals surface area contributed by atoms with Crippen LogP contribution in [-0.4, -0.2) is 183 Å². The molecule has 2 amide bonds. The second-order valence-corrected chi connectivity index (χ2v) is 16.0. The lowest BCUT2D eigenvalue weighted by molar-refractivity contribution is -0.368. The molecule has 0 unspecified atom stereocenters. The molecule has 3 atom stereocenters. The van der Waals surface area contributed by atoms with Crippen LogP contribution >= 0.6 is 0 Å². The number of anilines is 3. The fourth-order valence-electron chi connectivity index (χ4n) is 7.42. The van der Waals surface area contributed by atoms with Gasteiger partial charge in [0.25, 0.3) is 0 Å². The number of unbranched alkanes of at least 4 members (excludes halogenated alkanes) is 1. The molecule has 2 aliphatic rings. The average molecular weight is 903 g/mol. The van der Waals surface area contributed by atoms with Crippen molar-refractivity contribution in [2.45, 2.75) is 71.9 Å². The highest BCUT2D eigenvalue weighted by Crippen LogP contribution is 2.26. The van der Waals surface area contributed by atoms with Crippen molar-refractivity contribution < 1.29 is 47.0 Å². The number of hydrogen-bond donors (Lipinski definition) is 3. The number of rotatable bonds is 26. The van der Waals surface area contributed by atoms with Crippen LogP contribution in [0.2, 0.25) is 0 Å². The second-order valence-electron chi connectivity index (χ2n) is 16.0. The molecule has 0 bridgehead atoms. The number of aliphatic hydroxyl groups excluding tert-OH is 1. The Morgan fingerprint density at radius 1 is 0.778 bits per heavy atom. The fourth-order valence-corrected chi connectivity index (χ4v) is 7.42. The van der Waals surface area contributed by atoms with Gasteiger partial charge in [-0.05, 0) is 31.1 Å². The molecule has 0 aliphatic carbocycles. The minimum atomic E-state index is -0.518. The molecule has 5 rings (SSSR count). The molecular weight excluding hydrogens is 834 g/mol. The van der Waals surface area contributed by atoms with Crippen LogP contribution in [0, 0.1) is 24.2 Å². The summed E-state index contributed by atoms with van der Waals surface area (Å²) in [5.74, 6) is 3.91. The highest BCUT2D eigenvalue weighted by Gasteiger charge is 2.35. The highest BCUT2D eigenvalue weighted by atomic mass is 35.5. The molecule has 5 heterocycles. The molecule has 0 saturated carbocycles. The zero-order chi connectivity index (χ0) is 44.3. The van der Waals surface area contributed by atoms with E-state index in [1.165, 1.54) is 0 Å². The molecular formula is C41H68ClN15O6. The van der Waals surface area contributed by atoms with E-state index >= 15 is 0 Å². The number of piperazine rings is 2. The Balaban J connectivity index is 0.00000871. The first kappa shape index (κ1) is 50.9. The van der Waals surface area contributed by atoms with E-state index < -0.39 is 12.1 Å². The summed E-state index contributed by atoms with van der Waals surface area (Å²) in [7, 11) is 0. The SMILES string of the molecule is C#CCOCCOCCOCCNc1nc(N2CCN(C(=O)[C@H]([C@@H](C)CC)n3cc(CCCC[NH3+])nn3)CC2)nc(N2CCN(C(=O)[C@@H](C(C)C)n3cc(CCO)nn3)CC2)n1.[Cl-]. The monoisotopic (exact) mass is 902 g/mol. The van der Waals surface area contributed by atoms with Crippen molar-refractivity contribution in [3.05, 3.63) is 23.8 Å². The van der Waals surface area contributed by atoms with Gasteiger partial charge in [-0.1, -0.05) is 50.5 Å². The maximum absolute atomic E-state index is 14.1. The summed E-state index contributed by atoms with van der Waals surface area (Å²) in [6.45, 7) is 15.9. The van der Waals surface area contributed by atoms with Gasteiger partial charge >= 0.3 is 0 Å². The zero-order valence-corrected chi connectivity index (χ0v) is 38.2. The quantitative estimate of drug-likeness (QED) is 0.0530. The summed E-state index contributed by atoms with van der Waals surface area (Å²) in [6.07, 6.45) is 12.9. The predicted molar refractivity (Wildman–Crippen MR) is 231 cm³/mol. The summed E-state index contributed by atoms with van der Waals surface area (Å²) in [5.41, 5.74) is 5.47. The molecule has 3 aromatic rings. The number of aliphatic hydroxyl groups is 1. The highest BCUT2D eigenvalue weighted by molar-refractivity contribution is 5.81. The molecule has 0 spiro atoms. The number of nitrogens with zero attached hydrogens (tertiary/aromatic N) is 13. The summed E-state index contributed by atoms with van der Waals surface area (Å²) < 4.78 is 19.9. The van der Waals surface area contributed by atoms with E-state index in [9.17, 15) is 14.7 Å². The van der Waals surface area contributed by atoms with Crippen molar-refractivity contribution in [2.24, 2.45) is 11.8 Å². The zero-order valence-electron chi connectivity index (χ0n) is 37.5. The molecule has 63 heavy (non-hydrogen) atoms. The summed E-state index contributed by atoms with van der Waals surface area (Å²) >= 11 is 0. The van der Waals surface area contributed by atoms with Crippen molar-refractivity contribution in [3.8, 4) is 12.3 Å². The van der Waals surface area contributed by atoms with Gasteiger partial charge in [-0.25, -0.2) is 9.36 Å². The van der Waals surface area contributed by atoms with Crippen molar-refractivity contribution in [2.75, 3.05) is 127 Å². The number of carbonyl (C=O) groups excluding carboxylic acids is 2. The molecule has 2 fully saturated rings. The van der Waals surface area contributed by atoms with Crippen molar-refractivity contribution in [1.29, 1.82) is 0 Å². The number of quaternary nitrogens is 1. The number of halogens is 1. The third-order valence-electron chi connectivity index (χ3n) is 11.1. The van der Waals surface area contributed by atoms with Gasteiger partial charge in [0.05, 0.1) is 51.0 Å². The van der Waals surface area contributed by atoms with Crippen LogP contribution in [-0.2, 0) is 36.6 Å². The lowest BCUT2D eigenvalue weighted by atomic mass is 9.97. The van der Waals surface area contributed by atoms with E-state index in [1.54, 1.807) is 15.6 Å². The average Bonchev–Trinajstić information content (AvgIpc) is 3.95. The Bertz CT molecular complexity index is 1840. The van der Waals surface area contributed by atoms with Crippen molar-refractivity contribution in [1.82, 2.24) is 54.7 Å². The van der Waals surface area contributed by atoms with Gasteiger partial charge in [-0.3, -0.25) is 9.59 Å². The van der Waals surface area contributed by atoms with E-state index in [0.717, 1.165) is 37.9 Å². The van der Waals surface area contributed by atoms with E-state index in [1.807, 2.05) is 29.8 Å². The smallest absolute Gasteiger partial charge is 0.247 e. The van der Waals surface area contributed by atoms with Crippen LogP contribution < -0.4 is 33.3 Å². The standard InChI is InChI=1S/C41H67N15O6.ClH/c1-6-23-60-25-27-62-28-26-61-24-13-43-39-44-40(53-18-14-51(15-19-53)37(58)35(31(3)4)55-30-34(11-22-57)48-49-55)46-41(45-39)54-20-16-52(17-21-54)38(59)36(32(5)7-2)56-29-33(47-50-56)10-8-9-12-42;/h1,29-32,35-36,57H,7-28,42H2,2-5H3,(H,43,44,45,46);1H/t32-,35+,36-;/m0./s1. The predicted octanol–water partition coefficient (Wildman–Crippen LogP) is -3.27. The van der Waals surface area contributed by atoms with Crippen LogP contribution in [0.3, 0.4) is 0 Å². The third kappa shape index (κ3) is 14.9.